The van der Waals surface area contributed by atoms with Gasteiger partial charge in [0.15, 0.2) is 14.6 Å². The molecule has 1 aliphatic rings. The van der Waals surface area contributed by atoms with E-state index in [4.69, 9.17) is 4.74 Å². The third-order valence-corrected chi connectivity index (χ3v) is 8.27. The van der Waals surface area contributed by atoms with Gasteiger partial charge in [0, 0.05) is 17.6 Å². The summed E-state index contributed by atoms with van der Waals surface area (Å²) in [7, 11) is -4.00. The van der Waals surface area contributed by atoms with Crippen LogP contribution in [0.2, 0.25) is 0 Å². The molecule has 2 heterocycles. The number of amides is 2. The van der Waals surface area contributed by atoms with Gasteiger partial charge < -0.3 is 14.2 Å². The topological polar surface area (TPSA) is 115 Å². The van der Waals surface area contributed by atoms with Crippen molar-refractivity contribution in [3.63, 3.8) is 0 Å². The summed E-state index contributed by atoms with van der Waals surface area (Å²) < 4.78 is 33.3. The summed E-state index contributed by atoms with van der Waals surface area (Å²) in [5.41, 5.74) is 0.666. The number of carbonyl (C=O) groups excluding carboxylic acids is 3. The molecule has 0 radical (unpaired) electrons. The number of esters is 1. The molecule has 3 rings (SSSR count). The number of rotatable bonds is 7. The molecule has 1 fully saturated rings. The number of aromatic nitrogens is 1. The van der Waals surface area contributed by atoms with Gasteiger partial charge in [-0.2, -0.15) is 4.99 Å². The monoisotopic (exact) mass is 573 g/mol. The van der Waals surface area contributed by atoms with E-state index >= 15 is 0 Å². The summed E-state index contributed by atoms with van der Waals surface area (Å²) in [5.74, 6) is -2.89. The summed E-state index contributed by atoms with van der Waals surface area (Å²) >= 11 is 4.55. The fourth-order valence-electron chi connectivity index (χ4n) is 4.14. The Kier molecular flexibility index (Phi) is 8.69. The van der Waals surface area contributed by atoms with Crippen LogP contribution < -0.4 is 4.80 Å². The van der Waals surface area contributed by atoms with Crippen molar-refractivity contribution in [1.29, 1.82) is 0 Å². The number of likely N-dealkylation sites (tertiary alicyclic amines) is 1. The van der Waals surface area contributed by atoms with Gasteiger partial charge in [0.2, 0.25) is 5.91 Å². The van der Waals surface area contributed by atoms with Crippen LogP contribution >= 0.6 is 27.3 Å². The normalized spacial score (nSPS) is 19.4. The molecule has 0 saturated carbocycles. The predicted molar refractivity (Wildman–Crippen MR) is 133 cm³/mol. The zero-order chi connectivity index (χ0) is 25.0. The van der Waals surface area contributed by atoms with E-state index in [2.05, 4.69) is 20.9 Å². The van der Waals surface area contributed by atoms with Gasteiger partial charge >= 0.3 is 5.97 Å². The molecule has 0 aliphatic carbocycles. The first kappa shape index (κ1) is 26.6. The SMILES string of the molecule is CCOC(=O)Cn1c(=NC(=O)CS(=O)(=O)CC(=O)N2CC(C)CC(C)C2)sc2cc(Br)ccc21. The highest BCUT2D eigenvalue weighted by Gasteiger charge is 2.29. The number of hydrogen-bond donors (Lipinski definition) is 0. The molecule has 0 N–H and O–H groups in total. The third kappa shape index (κ3) is 6.98. The van der Waals surface area contributed by atoms with Crippen molar-refractivity contribution in [2.75, 3.05) is 31.2 Å². The van der Waals surface area contributed by atoms with Crippen molar-refractivity contribution in [3.05, 3.63) is 27.5 Å². The molecule has 0 bridgehead atoms. The van der Waals surface area contributed by atoms with E-state index in [0.717, 1.165) is 26.9 Å². The number of nitrogens with zero attached hydrogens (tertiary/aromatic N) is 3. The maximum absolute atomic E-state index is 12.6. The Morgan fingerprint density at radius 3 is 2.50 bits per heavy atom. The number of sulfone groups is 1. The van der Waals surface area contributed by atoms with Crippen molar-refractivity contribution in [2.24, 2.45) is 16.8 Å². The number of thiazole rings is 1. The van der Waals surface area contributed by atoms with Gasteiger partial charge in [-0.25, -0.2) is 8.42 Å². The Hall–Kier alpha value is -2.05. The molecule has 2 atom stereocenters. The molecule has 1 aromatic carbocycles. The lowest BCUT2D eigenvalue weighted by molar-refractivity contribution is -0.143. The van der Waals surface area contributed by atoms with Gasteiger partial charge in [-0.1, -0.05) is 41.1 Å². The van der Waals surface area contributed by atoms with E-state index in [1.54, 1.807) is 24.0 Å². The van der Waals surface area contributed by atoms with Gasteiger partial charge in [-0.15, -0.1) is 0 Å². The first-order valence-corrected chi connectivity index (χ1v) is 14.4. The minimum absolute atomic E-state index is 0.169. The lowest BCUT2D eigenvalue weighted by Crippen LogP contribution is -2.45. The fraction of sp³-hybridized carbons (Fsp3) is 0.545. The zero-order valence-electron chi connectivity index (χ0n) is 19.3. The first-order chi connectivity index (χ1) is 16.0. The van der Waals surface area contributed by atoms with Gasteiger partial charge in [0.25, 0.3) is 5.91 Å². The van der Waals surface area contributed by atoms with Crippen LogP contribution in [0.1, 0.15) is 27.2 Å². The Morgan fingerprint density at radius 2 is 1.85 bits per heavy atom. The summed E-state index contributed by atoms with van der Waals surface area (Å²) in [4.78, 5) is 43.0. The van der Waals surface area contributed by atoms with E-state index in [-0.39, 0.29) is 18.0 Å². The molecule has 0 spiro atoms. The molecule has 2 amide bonds. The van der Waals surface area contributed by atoms with Gasteiger partial charge in [-0.05, 0) is 43.4 Å². The summed E-state index contributed by atoms with van der Waals surface area (Å²) in [6, 6.07) is 5.39. The molecular weight excluding hydrogens is 546 g/mol. The highest BCUT2D eigenvalue weighted by molar-refractivity contribution is 9.10. The van der Waals surface area contributed by atoms with E-state index in [9.17, 15) is 22.8 Å². The molecule has 9 nitrogen and oxygen atoms in total. The van der Waals surface area contributed by atoms with Crippen LogP contribution in [-0.2, 0) is 35.5 Å². The van der Waals surface area contributed by atoms with Crippen LogP contribution in [0.15, 0.2) is 27.7 Å². The predicted octanol–water partition coefficient (Wildman–Crippen LogP) is 2.38. The number of ether oxygens (including phenoxy) is 1. The fourth-order valence-corrected chi connectivity index (χ4v) is 6.85. The second-order valence-corrected chi connectivity index (χ2v) is 12.7. The molecule has 12 heteroatoms. The highest BCUT2D eigenvalue weighted by Crippen LogP contribution is 2.23. The van der Waals surface area contributed by atoms with E-state index in [1.165, 1.54) is 4.57 Å². The first-order valence-electron chi connectivity index (χ1n) is 11.0. The molecular formula is C22H28BrN3O6S2. The molecule has 34 heavy (non-hydrogen) atoms. The summed E-state index contributed by atoms with van der Waals surface area (Å²) in [6.07, 6.45) is 0.992. The molecule has 1 saturated heterocycles. The standard InChI is InChI=1S/C22H28BrN3O6S2/c1-4-32-21(29)11-26-17-6-5-16(23)8-18(17)33-22(26)24-19(27)12-34(30,31)13-20(28)25-9-14(2)7-15(3)10-25/h5-6,8,14-15H,4,7,9-13H2,1-3H3. The Morgan fingerprint density at radius 1 is 1.18 bits per heavy atom. The number of fused-ring (bicyclic) bond motifs is 1. The van der Waals surface area contributed by atoms with E-state index in [1.807, 2.05) is 19.9 Å². The largest absolute Gasteiger partial charge is 0.465 e. The molecule has 2 aromatic rings. The maximum atomic E-state index is 12.6. The van der Waals surface area contributed by atoms with Gasteiger partial charge in [-0.3, -0.25) is 14.4 Å². The van der Waals surface area contributed by atoms with Crippen molar-refractivity contribution in [1.82, 2.24) is 9.47 Å². The number of hydrogen-bond acceptors (Lipinski definition) is 7. The quantitative estimate of drug-likeness (QED) is 0.469. The van der Waals surface area contributed by atoms with Gasteiger partial charge in [0.05, 0.1) is 16.8 Å². The van der Waals surface area contributed by atoms with Crippen molar-refractivity contribution < 1.29 is 27.5 Å². The number of halogens is 1. The van der Waals surface area contributed by atoms with Crippen LogP contribution in [0, 0.1) is 11.8 Å². The lowest BCUT2D eigenvalue weighted by Gasteiger charge is -2.34. The number of piperidine rings is 1. The number of benzene rings is 1. The van der Waals surface area contributed by atoms with Crippen LogP contribution in [-0.4, -0.2) is 66.9 Å². The van der Waals surface area contributed by atoms with Crippen LogP contribution in [0.25, 0.3) is 10.2 Å². The molecule has 186 valence electrons. The minimum Gasteiger partial charge on any atom is -0.465 e. The van der Waals surface area contributed by atoms with Crippen LogP contribution in [0.3, 0.4) is 0 Å². The average molecular weight is 575 g/mol. The van der Waals surface area contributed by atoms with Gasteiger partial charge in [0.1, 0.15) is 18.1 Å². The van der Waals surface area contributed by atoms with Crippen molar-refractivity contribution in [2.45, 2.75) is 33.7 Å². The van der Waals surface area contributed by atoms with E-state index in [0.29, 0.717) is 30.4 Å². The van der Waals surface area contributed by atoms with Crippen LogP contribution in [0.5, 0.6) is 0 Å². The summed E-state index contributed by atoms with van der Waals surface area (Å²) in [6.45, 7) is 6.82. The molecule has 1 aromatic heterocycles. The highest BCUT2D eigenvalue weighted by atomic mass is 79.9. The van der Waals surface area contributed by atoms with E-state index < -0.39 is 39.1 Å². The Bertz CT molecular complexity index is 1260. The smallest absolute Gasteiger partial charge is 0.326 e. The molecule has 1 aliphatic heterocycles. The molecule has 2 unspecified atom stereocenters. The van der Waals surface area contributed by atoms with Crippen molar-refractivity contribution in [3.8, 4) is 0 Å². The maximum Gasteiger partial charge on any atom is 0.326 e. The van der Waals surface area contributed by atoms with Crippen LogP contribution in [0.4, 0.5) is 0 Å². The second kappa shape index (κ2) is 11.1. The number of carbonyl (C=O) groups is 3. The minimum atomic E-state index is -4.00. The van der Waals surface area contributed by atoms with Crippen molar-refractivity contribution >= 4 is 65.1 Å². The summed E-state index contributed by atoms with van der Waals surface area (Å²) in [5, 5.41) is 0. The second-order valence-electron chi connectivity index (χ2n) is 8.67. The zero-order valence-corrected chi connectivity index (χ0v) is 22.5. The third-order valence-electron chi connectivity index (χ3n) is 5.37. The average Bonchev–Trinajstić information content (AvgIpc) is 3.02. The Labute approximate surface area is 210 Å². The lowest BCUT2D eigenvalue weighted by atomic mass is 9.92. The Balaban J connectivity index is 1.81.